The fraction of sp³-hybridized carbons (Fsp3) is 0.474. The monoisotopic (exact) mass is 555 g/mol. The molecular formula is C19H23Br2N7O3. The third-order valence-corrected chi connectivity index (χ3v) is 7.08. The van der Waals surface area contributed by atoms with E-state index in [9.17, 15) is 5.11 Å². The van der Waals surface area contributed by atoms with Crippen LogP contribution in [-0.4, -0.2) is 72.8 Å². The third-order valence-electron chi connectivity index (χ3n) is 5.07. The van der Waals surface area contributed by atoms with E-state index in [4.69, 9.17) is 9.47 Å². The van der Waals surface area contributed by atoms with E-state index in [1.165, 1.54) is 13.3 Å². The second-order valence-corrected chi connectivity index (χ2v) is 8.71. The highest BCUT2D eigenvalue weighted by molar-refractivity contribution is 9.13. The molecule has 31 heavy (non-hydrogen) atoms. The number of aromatic hydroxyl groups is 1. The number of phenols is 1. The number of hydrazone groups is 1. The van der Waals surface area contributed by atoms with Crippen LogP contribution in [0.5, 0.6) is 11.5 Å². The van der Waals surface area contributed by atoms with Gasteiger partial charge in [-0.25, -0.2) is 5.43 Å². The van der Waals surface area contributed by atoms with Crippen molar-refractivity contribution in [3.05, 3.63) is 20.6 Å². The lowest BCUT2D eigenvalue weighted by molar-refractivity contribution is 0.122. The number of methoxy groups -OCH3 is 1. The van der Waals surface area contributed by atoms with Gasteiger partial charge in [-0.05, 0) is 50.8 Å². The highest BCUT2D eigenvalue weighted by Crippen LogP contribution is 2.39. The maximum Gasteiger partial charge on any atom is 0.250 e. The van der Waals surface area contributed by atoms with E-state index >= 15 is 0 Å². The van der Waals surface area contributed by atoms with Gasteiger partial charge in [-0.3, -0.25) is 0 Å². The van der Waals surface area contributed by atoms with Crippen LogP contribution in [0.1, 0.15) is 18.4 Å². The topological polar surface area (TPSA) is 108 Å². The summed E-state index contributed by atoms with van der Waals surface area (Å²) >= 11 is 6.89. The molecule has 0 saturated carbocycles. The maximum absolute atomic E-state index is 10.4. The Morgan fingerprint density at radius 2 is 1.74 bits per heavy atom. The van der Waals surface area contributed by atoms with Crippen LogP contribution in [0.4, 0.5) is 17.8 Å². The molecule has 0 amide bonds. The number of ether oxygens (including phenoxy) is 2. The molecule has 1 aromatic heterocycles. The van der Waals surface area contributed by atoms with Gasteiger partial charge in [0.25, 0.3) is 0 Å². The van der Waals surface area contributed by atoms with E-state index in [0.29, 0.717) is 46.8 Å². The molecule has 10 nitrogen and oxygen atoms in total. The number of nitrogens with one attached hydrogen (secondary N) is 1. The second-order valence-electron chi connectivity index (χ2n) is 7.06. The number of rotatable bonds is 6. The van der Waals surface area contributed by atoms with Crippen LogP contribution in [-0.2, 0) is 4.74 Å². The molecule has 2 saturated heterocycles. The molecular weight excluding hydrogens is 534 g/mol. The van der Waals surface area contributed by atoms with Crippen LogP contribution in [0.15, 0.2) is 20.1 Å². The summed E-state index contributed by atoms with van der Waals surface area (Å²) in [6.45, 7) is 4.59. The molecule has 0 atom stereocenters. The lowest BCUT2D eigenvalue weighted by atomic mass is 10.2. The Hall–Kier alpha value is -2.18. The minimum Gasteiger partial charge on any atom is -0.504 e. The van der Waals surface area contributed by atoms with E-state index in [-0.39, 0.29) is 5.75 Å². The van der Waals surface area contributed by atoms with Crippen LogP contribution >= 0.6 is 31.9 Å². The largest absolute Gasteiger partial charge is 0.504 e. The molecule has 2 aliphatic heterocycles. The standard InChI is InChI=1S/C19H23Br2N7O3/c1-30-14-10-13(20)15(21)12(16(14)29)11-22-26-17-23-18(27-4-2-3-5-27)25-19(24-17)28-6-8-31-9-7-28/h10-11,29H,2-9H2,1H3,(H,23,24,25,26)/b22-11-. The molecule has 0 radical (unpaired) electrons. The summed E-state index contributed by atoms with van der Waals surface area (Å²) in [4.78, 5) is 18.0. The molecule has 3 heterocycles. The number of nitrogens with zero attached hydrogens (tertiary/aromatic N) is 6. The molecule has 0 unspecified atom stereocenters. The van der Waals surface area contributed by atoms with E-state index in [0.717, 1.165) is 43.5 Å². The first-order valence-corrected chi connectivity index (χ1v) is 11.5. The Balaban J connectivity index is 1.60. The van der Waals surface area contributed by atoms with E-state index in [2.05, 4.69) is 67.1 Å². The van der Waals surface area contributed by atoms with Crippen LogP contribution in [0.2, 0.25) is 0 Å². The lowest BCUT2D eigenvalue weighted by Gasteiger charge is -2.27. The van der Waals surface area contributed by atoms with Crippen molar-refractivity contribution in [1.29, 1.82) is 0 Å². The van der Waals surface area contributed by atoms with Crippen molar-refractivity contribution in [2.75, 3.05) is 61.7 Å². The number of aromatic nitrogens is 3. The van der Waals surface area contributed by atoms with Gasteiger partial charge in [0.05, 0.1) is 32.1 Å². The van der Waals surface area contributed by atoms with Gasteiger partial charge in [0.1, 0.15) is 0 Å². The third kappa shape index (κ3) is 5.01. The lowest BCUT2D eigenvalue weighted by Crippen LogP contribution is -2.38. The maximum atomic E-state index is 10.4. The first-order valence-electron chi connectivity index (χ1n) is 9.94. The highest BCUT2D eigenvalue weighted by Gasteiger charge is 2.21. The van der Waals surface area contributed by atoms with Crippen LogP contribution in [0.3, 0.4) is 0 Å². The smallest absolute Gasteiger partial charge is 0.250 e. The van der Waals surface area contributed by atoms with Crippen molar-refractivity contribution in [2.45, 2.75) is 12.8 Å². The molecule has 0 aliphatic carbocycles. The van der Waals surface area contributed by atoms with Crippen molar-refractivity contribution in [2.24, 2.45) is 5.10 Å². The fourth-order valence-electron chi connectivity index (χ4n) is 3.41. The summed E-state index contributed by atoms with van der Waals surface area (Å²) < 4.78 is 12.0. The summed E-state index contributed by atoms with van der Waals surface area (Å²) in [6.07, 6.45) is 3.73. The zero-order valence-electron chi connectivity index (χ0n) is 17.0. The zero-order chi connectivity index (χ0) is 21.8. The number of morpholine rings is 1. The van der Waals surface area contributed by atoms with Gasteiger partial charge in [0.2, 0.25) is 17.8 Å². The normalized spacial score (nSPS) is 16.9. The molecule has 0 bridgehead atoms. The number of phenolic OH excluding ortho intramolecular Hbond substituents is 1. The van der Waals surface area contributed by atoms with Gasteiger partial charge >= 0.3 is 0 Å². The fourth-order valence-corrected chi connectivity index (χ4v) is 4.23. The molecule has 4 rings (SSSR count). The van der Waals surface area contributed by atoms with Crippen LogP contribution in [0.25, 0.3) is 0 Å². The van der Waals surface area contributed by atoms with E-state index < -0.39 is 0 Å². The van der Waals surface area contributed by atoms with Gasteiger partial charge in [-0.1, -0.05) is 0 Å². The second kappa shape index (κ2) is 9.96. The average Bonchev–Trinajstić information content (AvgIpc) is 3.34. The summed E-state index contributed by atoms with van der Waals surface area (Å²) in [5.41, 5.74) is 3.34. The first kappa shape index (κ1) is 22.0. The Kier molecular flexibility index (Phi) is 7.08. The molecule has 12 heteroatoms. The number of halogens is 2. The van der Waals surface area contributed by atoms with Crippen LogP contribution in [0, 0.1) is 0 Å². The first-order chi connectivity index (χ1) is 15.1. The van der Waals surface area contributed by atoms with Gasteiger partial charge in [0, 0.05) is 35.1 Å². The Bertz CT molecular complexity index is 964. The van der Waals surface area contributed by atoms with Gasteiger partial charge in [0.15, 0.2) is 11.5 Å². The molecule has 2 fully saturated rings. The minimum absolute atomic E-state index is 0.0227. The molecule has 1 aromatic carbocycles. The zero-order valence-corrected chi connectivity index (χ0v) is 20.2. The van der Waals surface area contributed by atoms with Gasteiger partial charge in [-0.2, -0.15) is 20.1 Å². The quantitative estimate of drug-likeness (QED) is 0.410. The highest BCUT2D eigenvalue weighted by atomic mass is 79.9. The summed E-state index contributed by atoms with van der Waals surface area (Å²) in [6, 6.07) is 1.67. The van der Waals surface area contributed by atoms with Gasteiger partial charge < -0.3 is 24.4 Å². The summed E-state index contributed by atoms with van der Waals surface area (Å²) in [7, 11) is 1.49. The van der Waals surface area contributed by atoms with Crippen molar-refractivity contribution >= 4 is 55.9 Å². The SMILES string of the molecule is COc1cc(Br)c(Br)c(/C=N\Nc2nc(N3CCCC3)nc(N3CCOCC3)n2)c1O. The predicted octanol–water partition coefficient (Wildman–Crippen LogP) is 2.99. The number of hydrogen-bond donors (Lipinski definition) is 2. The molecule has 166 valence electrons. The minimum atomic E-state index is -0.0227. The number of anilines is 3. The molecule has 0 spiro atoms. The Morgan fingerprint density at radius 1 is 1.10 bits per heavy atom. The van der Waals surface area contributed by atoms with E-state index in [1.54, 1.807) is 6.07 Å². The van der Waals surface area contributed by atoms with Crippen molar-refractivity contribution in [3.8, 4) is 11.5 Å². The summed E-state index contributed by atoms with van der Waals surface area (Å²) in [5, 5.41) is 14.7. The molecule has 2 aromatic rings. The Labute approximate surface area is 196 Å². The van der Waals surface area contributed by atoms with E-state index in [1.807, 2.05) is 0 Å². The van der Waals surface area contributed by atoms with Gasteiger partial charge in [-0.15, -0.1) is 0 Å². The summed E-state index contributed by atoms with van der Waals surface area (Å²) in [5.74, 6) is 1.89. The van der Waals surface area contributed by atoms with Crippen molar-refractivity contribution in [3.63, 3.8) is 0 Å². The number of benzene rings is 1. The Morgan fingerprint density at radius 3 is 2.39 bits per heavy atom. The van der Waals surface area contributed by atoms with Crippen molar-refractivity contribution < 1.29 is 14.6 Å². The predicted molar refractivity (Wildman–Crippen MR) is 126 cm³/mol. The number of hydrogen-bond acceptors (Lipinski definition) is 10. The van der Waals surface area contributed by atoms with Crippen molar-refractivity contribution in [1.82, 2.24) is 15.0 Å². The molecule has 2 N–H and O–H groups in total. The average molecular weight is 557 g/mol. The molecule has 2 aliphatic rings. The van der Waals surface area contributed by atoms with Crippen LogP contribution < -0.4 is 20.0 Å².